The molecule has 0 saturated carbocycles. The van der Waals surface area contributed by atoms with Crippen LogP contribution >= 0.6 is 0 Å². The molecule has 0 fully saturated rings. The molecule has 8 heteroatoms. The van der Waals surface area contributed by atoms with E-state index < -0.39 is 33.1 Å². The van der Waals surface area contributed by atoms with E-state index in [1.54, 1.807) is 18.2 Å². The van der Waals surface area contributed by atoms with Gasteiger partial charge in [-0.15, -0.1) is 0 Å². The van der Waals surface area contributed by atoms with Crippen molar-refractivity contribution >= 4 is 27.2 Å². The van der Waals surface area contributed by atoms with Gasteiger partial charge >= 0.3 is 0 Å². The summed E-state index contributed by atoms with van der Waals surface area (Å²) in [5.41, 5.74) is -0.434. The van der Waals surface area contributed by atoms with Crippen LogP contribution in [0.2, 0.25) is 0 Å². The maximum Gasteiger partial charge on any atom is 0.262 e. The first-order valence-electron chi connectivity index (χ1n) is 9.18. The third kappa shape index (κ3) is 3.62. The minimum absolute atomic E-state index is 0.0502. The average molecular weight is 437 g/mol. The van der Waals surface area contributed by atoms with Crippen LogP contribution in [0.3, 0.4) is 0 Å². The molecule has 1 aliphatic rings. The van der Waals surface area contributed by atoms with Crippen LogP contribution in [0.5, 0.6) is 5.75 Å². The molecule has 3 aromatic rings. The van der Waals surface area contributed by atoms with Crippen molar-refractivity contribution in [2.75, 3.05) is 7.11 Å². The van der Waals surface area contributed by atoms with Crippen LogP contribution in [0.4, 0.5) is 4.39 Å². The van der Waals surface area contributed by atoms with Gasteiger partial charge in [-0.05, 0) is 29.8 Å². The van der Waals surface area contributed by atoms with Gasteiger partial charge in [0, 0.05) is 11.1 Å². The molecule has 31 heavy (non-hydrogen) atoms. The molecule has 0 spiro atoms. The normalized spacial score (nSPS) is 13.7. The Kier molecular flexibility index (Phi) is 5.16. The van der Waals surface area contributed by atoms with Crippen LogP contribution in [-0.4, -0.2) is 27.1 Å². The van der Waals surface area contributed by atoms with E-state index in [0.717, 1.165) is 6.07 Å². The number of hydrogen-bond donors (Lipinski definition) is 1. The number of ether oxygens (including phenoxy) is 1. The molecule has 4 rings (SSSR count). The summed E-state index contributed by atoms with van der Waals surface area (Å²) >= 11 is 0. The van der Waals surface area contributed by atoms with Crippen molar-refractivity contribution < 1.29 is 27.1 Å². The zero-order valence-electron chi connectivity index (χ0n) is 16.3. The lowest BCUT2D eigenvalue weighted by Crippen LogP contribution is -2.33. The number of allylic oxidation sites excluding steroid dienone is 2. The molecule has 0 saturated heterocycles. The predicted octanol–water partition coefficient (Wildman–Crippen LogP) is 3.60. The van der Waals surface area contributed by atoms with Gasteiger partial charge in [-0.25, -0.2) is 12.8 Å². The topological polar surface area (TPSA) is 89.5 Å². The summed E-state index contributed by atoms with van der Waals surface area (Å²) in [5, 5.41) is 0. The van der Waals surface area contributed by atoms with Crippen molar-refractivity contribution in [2.45, 2.75) is 4.90 Å². The Morgan fingerprint density at radius 1 is 0.839 bits per heavy atom. The average Bonchev–Trinajstić information content (AvgIpc) is 2.78. The highest BCUT2D eigenvalue weighted by atomic mass is 32.2. The van der Waals surface area contributed by atoms with Crippen molar-refractivity contribution in [3.8, 4) is 5.75 Å². The Morgan fingerprint density at radius 2 is 1.45 bits per heavy atom. The van der Waals surface area contributed by atoms with Crippen LogP contribution in [0, 0.1) is 5.82 Å². The molecule has 0 aromatic heterocycles. The van der Waals surface area contributed by atoms with E-state index in [-0.39, 0.29) is 32.9 Å². The Balaban J connectivity index is 1.93. The maximum absolute atomic E-state index is 14.4. The van der Waals surface area contributed by atoms with E-state index >= 15 is 0 Å². The lowest BCUT2D eigenvalue weighted by Gasteiger charge is -2.22. The monoisotopic (exact) mass is 437 g/mol. The smallest absolute Gasteiger partial charge is 0.262 e. The summed E-state index contributed by atoms with van der Waals surface area (Å²) in [7, 11) is -2.89. The van der Waals surface area contributed by atoms with E-state index in [2.05, 4.69) is 4.72 Å². The molecule has 0 aliphatic heterocycles. The van der Waals surface area contributed by atoms with Gasteiger partial charge in [-0.3, -0.25) is 14.3 Å². The molecule has 0 bridgehead atoms. The number of nitrogens with one attached hydrogen (secondary N) is 1. The van der Waals surface area contributed by atoms with Crippen LogP contribution < -0.4 is 9.46 Å². The first-order chi connectivity index (χ1) is 14.8. The van der Waals surface area contributed by atoms with E-state index in [1.807, 2.05) is 0 Å². The van der Waals surface area contributed by atoms with Gasteiger partial charge in [0.25, 0.3) is 10.0 Å². The molecule has 0 amide bonds. The molecule has 6 nitrogen and oxygen atoms in total. The number of carbonyl (C=O) groups is 2. The minimum atomic E-state index is -4.18. The molecule has 3 aromatic carbocycles. The Morgan fingerprint density at radius 3 is 2.06 bits per heavy atom. The highest BCUT2D eigenvalue weighted by molar-refractivity contribution is 7.89. The van der Waals surface area contributed by atoms with E-state index in [9.17, 15) is 22.4 Å². The summed E-state index contributed by atoms with van der Waals surface area (Å²) in [5.74, 6) is -2.07. The summed E-state index contributed by atoms with van der Waals surface area (Å²) in [4.78, 5) is 26.4. The molecule has 0 unspecified atom stereocenters. The van der Waals surface area contributed by atoms with Crippen LogP contribution in [0.25, 0.3) is 5.57 Å². The molecule has 0 radical (unpaired) electrons. The highest BCUT2D eigenvalue weighted by Crippen LogP contribution is 2.33. The third-order valence-corrected chi connectivity index (χ3v) is 6.22. The first-order valence-corrected chi connectivity index (χ1v) is 10.7. The minimum Gasteiger partial charge on any atom is -0.494 e. The maximum atomic E-state index is 14.4. The largest absolute Gasteiger partial charge is 0.494 e. The number of sulfonamides is 1. The van der Waals surface area contributed by atoms with Gasteiger partial charge in [0.05, 0.1) is 17.6 Å². The van der Waals surface area contributed by atoms with Gasteiger partial charge in [0.15, 0.2) is 17.3 Å². The standard InChI is InChI=1S/C23H16FNO5S/c1-30-19-12-11-14(13-18(19)24)20-21(25-31(28,29)15-7-3-2-4-8-15)23(27)17-10-6-5-9-16(17)22(20)26/h2-13,25H,1H3. The first kappa shape index (κ1) is 20.5. The highest BCUT2D eigenvalue weighted by Gasteiger charge is 2.35. The van der Waals surface area contributed by atoms with E-state index in [1.165, 1.54) is 55.6 Å². The van der Waals surface area contributed by atoms with Crippen molar-refractivity contribution in [3.63, 3.8) is 0 Å². The zero-order valence-corrected chi connectivity index (χ0v) is 17.1. The van der Waals surface area contributed by atoms with Crippen LogP contribution in [-0.2, 0) is 10.0 Å². The summed E-state index contributed by atoms with van der Waals surface area (Å²) < 4.78 is 47.3. The van der Waals surface area contributed by atoms with E-state index in [0.29, 0.717) is 0 Å². The van der Waals surface area contributed by atoms with Gasteiger partial charge in [0.1, 0.15) is 5.70 Å². The van der Waals surface area contributed by atoms with Crippen molar-refractivity contribution in [3.05, 3.63) is 101 Å². The number of halogens is 1. The molecule has 156 valence electrons. The molecule has 1 N–H and O–H groups in total. The molecule has 1 aliphatic carbocycles. The number of fused-ring (bicyclic) bond motifs is 1. The van der Waals surface area contributed by atoms with Crippen molar-refractivity contribution in [1.82, 2.24) is 4.72 Å². The van der Waals surface area contributed by atoms with Crippen LogP contribution in [0.15, 0.2) is 83.4 Å². The summed E-state index contributed by atoms with van der Waals surface area (Å²) in [6.45, 7) is 0. The molecule has 0 atom stereocenters. The Hall–Kier alpha value is -3.78. The number of benzene rings is 3. The second kappa shape index (κ2) is 7.81. The quantitative estimate of drug-likeness (QED) is 0.659. The number of carbonyl (C=O) groups excluding carboxylic acids is 2. The fraction of sp³-hybridized carbons (Fsp3) is 0.0435. The number of methoxy groups -OCH3 is 1. The van der Waals surface area contributed by atoms with Gasteiger partial charge in [0.2, 0.25) is 5.78 Å². The Bertz CT molecular complexity index is 1350. The summed E-state index contributed by atoms with van der Waals surface area (Å²) in [6, 6.07) is 17.2. The predicted molar refractivity (Wildman–Crippen MR) is 112 cm³/mol. The number of ketones is 2. The fourth-order valence-electron chi connectivity index (χ4n) is 3.36. The number of hydrogen-bond acceptors (Lipinski definition) is 5. The lowest BCUT2D eigenvalue weighted by atomic mass is 9.84. The van der Waals surface area contributed by atoms with Crippen molar-refractivity contribution in [1.29, 1.82) is 0 Å². The molecule has 0 heterocycles. The van der Waals surface area contributed by atoms with E-state index in [4.69, 9.17) is 4.74 Å². The molecular weight excluding hydrogens is 421 g/mol. The van der Waals surface area contributed by atoms with Crippen LogP contribution in [0.1, 0.15) is 26.3 Å². The zero-order chi connectivity index (χ0) is 22.2. The molecular formula is C23H16FNO5S. The van der Waals surface area contributed by atoms with Gasteiger partial charge in [-0.1, -0.05) is 48.5 Å². The Labute approximate surface area is 178 Å². The van der Waals surface area contributed by atoms with Gasteiger partial charge in [-0.2, -0.15) is 0 Å². The second-order valence-corrected chi connectivity index (χ2v) is 8.40. The number of rotatable bonds is 5. The van der Waals surface area contributed by atoms with Gasteiger partial charge < -0.3 is 4.74 Å². The second-order valence-electron chi connectivity index (χ2n) is 6.72. The summed E-state index contributed by atoms with van der Waals surface area (Å²) in [6.07, 6.45) is 0. The number of Topliss-reactive ketones (excluding diaryl/α,β-unsaturated/α-hetero) is 2. The fourth-order valence-corrected chi connectivity index (χ4v) is 4.46. The lowest BCUT2D eigenvalue weighted by molar-refractivity contribution is 0.0988. The SMILES string of the molecule is COc1ccc(C2=C(NS(=O)(=O)c3ccccc3)C(=O)c3ccccc3C2=O)cc1F. The van der Waals surface area contributed by atoms with Crippen molar-refractivity contribution in [2.24, 2.45) is 0 Å². The third-order valence-electron chi connectivity index (χ3n) is 4.85.